The van der Waals surface area contributed by atoms with E-state index in [1.807, 2.05) is 12.1 Å². The lowest BCUT2D eigenvalue weighted by Crippen LogP contribution is -2.43. The molecular weight excluding hydrogens is 482 g/mol. The molecule has 1 saturated heterocycles. The molecule has 6 rings (SSSR count). The number of benzene rings is 3. The van der Waals surface area contributed by atoms with Gasteiger partial charge in [-0.15, -0.1) is 0 Å². The van der Waals surface area contributed by atoms with Gasteiger partial charge in [-0.1, -0.05) is 47.7 Å². The van der Waals surface area contributed by atoms with Crippen molar-refractivity contribution in [3.63, 3.8) is 0 Å². The number of thiazole rings is 1. The summed E-state index contributed by atoms with van der Waals surface area (Å²) in [6.07, 6.45) is 1.25. The number of anilines is 1. The number of hydrogen-bond acceptors (Lipinski definition) is 6. The van der Waals surface area contributed by atoms with E-state index in [1.54, 1.807) is 12.1 Å². The third-order valence-corrected chi connectivity index (χ3v) is 9.60. The van der Waals surface area contributed by atoms with Gasteiger partial charge < -0.3 is 10.1 Å². The van der Waals surface area contributed by atoms with E-state index < -0.39 is 15.9 Å². The van der Waals surface area contributed by atoms with E-state index in [0.717, 1.165) is 21.7 Å². The molecule has 2 aliphatic rings. The molecule has 1 unspecified atom stereocenters. The van der Waals surface area contributed by atoms with Gasteiger partial charge >= 0.3 is 0 Å². The van der Waals surface area contributed by atoms with Crippen LogP contribution in [0.15, 0.2) is 65.6 Å². The molecule has 1 aromatic heterocycles. The van der Waals surface area contributed by atoms with Crippen LogP contribution < -0.4 is 10.1 Å². The zero-order valence-corrected chi connectivity index (χ0v) is 20.7. The van der Waals surface area contributed by atoms with Crippen LogP contribution in [0.25, 0.3) is 32.5 Å². The molecule has 0 saturated carbocycles. The Kier molecular flexibility index (Phi) is 5.36. The monoisotopic (exact) mass is 505 g/mol. The number of carbonyl (C=O) groups is 1. The maximum absolute atomic E-state index is 13.2. The van der Waals surface area contributed by atoms with E-state index >= 15 is 0 Å². The Hall–Kier alpha value is -3.27. The number of rotatable bonds is 5. The number of methoxy groups -OCH3 is 1. The minimum absolute atomic E-state index is 0.146. The van der Waals surface area contributed by atoms with Crippen LogP contribution in [0.3, 0.4) is 0 Å². The average Bonchev–Trinajstić information content (AvgIpc) is 3.43. The third-order valence-electron chi connectivity index (χ3n) is 6.71. The number of amides is 1. The Morgan fingerprint density at radius 1 is 1.09 bits per heavy atom. The average molecular weight is 506 g/mol. The maximum Gasteiger partial charge on any atom is 0.243 e. The van der Waals surface area contributed by atoms with E-state index in [-0.39, 0.29) is 17.3 Å². The molecule has 1 N–H and O–H groups in total. The number of ether oxygens (including phenoxy) is 1. The first-order valence-electron chi connectivity index (χ1n) is 11.4. The molecule has 35 heavy (non-hydrogen) atoms. The number of sulfonamides is 1. The summed E-state index contributed by atoms with van der Waals surface area (Å²) in [5.74, 6) is -0.0427. The molecule has 1 amide bonds. The molecule has 0 bridgehead atoms. The van der Waals surface area contributed by atoms with Gasteiger partial charge in [-0.25, -0.2) is 13.4 Å². The topological polar surface area (TPSA) is 88.6 Å². The molecule has 0 spiro atoms. The Morgan fingerprint density at radius 2 is 1.83 bits per heavy atom. The van der Waals surface area contributed by atoms with E-state index in [9.17, 15) is 13.2 Å². The van der Waals surface area contributed by atoms with E-state index in [2.05, 4.69) is 29.6 Å². The quantitative estimate of drug-likeness (QED) is 0.364. The molecule has 1 aliphatic carbocycles. The number of carbonyl (C=O) groups excluding carboxylic acids is 1. The number of hydrogen-bond donors (Lipinski definition) is 1. The lowest BCUT2D eigenvalue weighted by Gasteiger charge is -2.31. The molecular formula is C26H23N3O4S2. The maximum atomic E-state index is 13.2. The summed E-state index contributed by atoms with van der Waals surface area (Å²) < 4.78 is 32.8. The van der Waals surface area contributed by atoms with Gasteiger partial charge in [0.25, 0.3) is 0 Å². The predicted octanol–water partition coefficient (Wildman–Crippen LogP) is 4.99. The summed E-state index contributed by atoms with van der Waals surface area (Å²) in [5.41, 5.74) is 3.12. The second-order valence-corrected chi connectivity index (χ2v) is 11.7. The van der Waals surface area contributed by atoms with Crippen molar-refractivity contribution in [2.24, 2.45) is 5.92 Å². The van der Waals surface area contributed by atoms with Crippen molar-refractivity contribution in [2.75, 3.05) is 25.5 Å². The highest BCUT2D eigenvalue weighted by Gasteiger charge is 2.34. The fraction of sp³-hybridized carbons (Fsp3) is 0.231. The third kappa shape index (κ3) is 3.71. The summed E-state index contributed by atoms with van der Waals surface area (Å²) in [5, 5.41) is 5.88. The van der Waals surface area contributed by atoms with Crippen LogP contribution in [-0.2, 0) is 14.8 Å². The number of aromatic nitrogens is 1. The molecule has 4 aromatic rings. The van der Waals surface area contributed by atoms with E-state index in [4.69, 9.17) is 9.72 Å². The van der Waals surface area contributed by atoms with E-state index in [1.165, 1.54) is 45.7 Å². The van der Waals surface area contributed by atoms with Crippen LogP contribution in [0.5, 0.6) is 5.75 Å². The Morgan fingerprint density at radius 3 is 2.57 bits per heavy atom. The first-order chi connectivity index (χ1) is 17.0. The van der Waals surface area contributed by atoms with Crippen molar-refractivity contribution in [1.82, 2.24) is 9.29 Å². The second kappa shape index (κ2) is 8.44. The number of nitrogens with zero attached hydrogens (tertiary/aromatic N) is 2. The van der Waals surface area contributed by atoms with Gasteiger partial charge in [0.2, 0.25) is 15.9 Å². The van der Waals surface area contributed by atoms with Crippen LogP contribution in [0, 0.1) is 5.92 Å². The lowest BCUT2D eigenvalue weighted by atomic mass is 9.99. The summed E-state index contributed by atoms with van der Waals surface area (Å²) in [4.78, 5) is 19.1. The van der Waals surface area contributed by atoms with Gasteiger partial charge in [0.15, 0.2) is 5.13 Å². The van der Waals surface area contributed by atoms with Crippen molar-refractivity contribution in [2.45, 2.75) is 17.7 Å². The SMILES string of the molecule is COc1ccc(S(=O)(=O)N2CCCC(C(=O)Nc3nc4c(s3)-c3cccc5cccc-4c35)C2)cc1. The smallest absolute Gasteiger partial charge is 0.243 e. The number of piperidine rings is 1. The molecule has 2 heterocycles. The van der Waals surface area contributed by atoms with Gasteiger partial charge in [-0.3, -0.25) is 4.79 Å². The highest BCUT2D eigenvalue weighted by Crippen LogP contribution is 2.50. The molecule has 1 aliphatic heterocycles. The Bertz CT molecular complexity index is 1510. The molecule has 0 radical (unpaired) electrons. The van der Waals surface area contributed by atoms with E-state index in [0.29, 0.717) is 30.3 Å². The molecule has 3 aromatic carbocycles. The Balaban J connectivity index is 1.20. The normalized spacial score (nSPS) is 17.3. The standard InChI is InChI=1S/C26H23N3O4S2/c1-33-18-10-12-19(13-11-18)35(31,32)29-14-4-7-17(15-29)25(30)28-26-27-23-20-8-2-5-16-6-3-9-21(22(16)20)24(23)34-26/h2-3,5-6,8-13,17H,4,7,14-15H2,1H3,(H,27,28,30). The fourth-order valence-corrected chi connectivity index (χ4v) is 7.48. The molecule has 1 atom stereocenters. The summed E-state index contributed by atoms with van der Waals surface area (Å²) in [6, 6.07) is 18.7. The number of nitrogens with one attached hydrogen (secondary N) is 1. The van der Waals surface area contributed by atoms with Crippen molar-refractivity contribution >= 4 is 43.2 Å². The first-order valence-corrected chi connectivity index (χ1v) is 13.7. The van der Waals surface area contributed by atoms with Crippen molar-refractivity contribution < 1.29 is 17.9 Å². The zero-order chi connectivity index (χ0) is 24.2. The minimum atomic E-state index is -3.69. The Labute approximate surface area is 207 Å². The highest BCUT2D eigenvalue weighted by atomic mass is 32.2. The van der Waals surface area contributed by atoms with Gasteiger partial charge in [0.1, 0.15) is 5.75 Å². The first kappa shape index (κ1) is 22.2. The fourth-order valence-electron chi connectivity index (χ4n) is 4.95. The summed E-state index contributed by atoms with van der Waals surface area (Å²) >= 11 is 1.46. The summed E-state index contributed by atoms with van der Waals surface area (Å²) in [6.45, 7) is 0.540. The predicted molar refractivity (Wildman–Crippen MR) is 137 cm³/mol. The molecule has 7 nitrogen and oxygen atoms in total. The van der Waals surface area contributed by atoms with Crippen molar-refractivity contribution in [3.05, 3.63) is 60.7 Å². The van der Waals surface area contributed by atoms with Crippen LogP contribution in [0.4, 0.5) is 5.13 Å². The van der Waals surface area contributed by atoms with Crippen molar-refractivity contribution in [1.29, 1.82) is 0 Å². The second-order valence-electron chi connectivity index (χ2n) is 8.77. The molecule has 1 fully saturated rings. The van der Waals surface area contributed by atoms with Gasteiger partial charge in [0, 0.05) is 24.2 Å². The molecule has 9 heteroatoms. The highest BCUT2D eigenvalue weighted by molar-refractivity contribution is 7.89. The van der Waals surface area contributed by atoms with Gasteiger partial charge in [-0.05, 0) is 47.9 Å². The largest absolute Gasteiger partial charge is 0.497 e. The van der Waals surface area contributed by atoms with Crippen LogP contribution in [0.2, 0.25) is 0 Å². The number of fused-ring (bicyclic) bond motifs is 3. The molecule has 178 valence electrons. The lowest BCUT2D eigenvalue weighted by molar-refractivity contribution is -0.120. The van der Waals surface area contributed by atoms with Gasteiger partial charge in [-0.2, -0.15) is 4.31 Å². The van der Waals surface area contributed by atoms with Crippen LogP contribution >= 0.6 is 11.3 Å². The van der Waals surface area contributed by atoms with Crippen LogP contribution in [0.1, 0.15) is 12.8 Å². The van der Waals surface area contributed by atoms with Gasteiger partial charge in [0.05, 0.1) is 28.5 Å². The van der Waals surface area contributed by atoms with Crippen LogP contribution in [-0.4, -0.2) is 43.8 Å². The minimum Gasteiger partial charge on any atom is -0.497 e. The summed E-state index contributed by atoms with van der Waals surface area (Å²) in [7, 11) is -2.16. The zero-order valence-electron chi connectivity index (χ0n) is 19.0. The van der Waals surface area contributed by atoms with Crippen molar-refractivity contribution in [3.8, 4) is 27.4 Å².